The van der Waals surface area contributed by atoms with Gasteiger partial charge < -0.3 is 19.1 Å². The zero-order chi connectivity index (χ0) is 22.2. The van der Waals surface area contributed by atoms with Crippen LogP contribution >= 0.6 is 0 Å². The van der Waals surface area contributed by atoms with E-state index in [0.717, 1.165) is 13.1 Å². The van der Waals surface area contributed by atoms with E-state index in [4.69, 9.17) is 14.2 Å². The summed E-state index contributed by atoms with van der Waals surface area (Å²) in [5.41, 5.74) is -0.815. The topological polar surface area (TPSA) is 68.3 Å². The lowest BCUT2D eigenvalue weighted by Crippen LogP contribution is -2.47. The van der Waals surface area contributed by atoms with E-state index in [9.17, 15) is 9.59 Å². The molecule has 1 amide bonds. The third kappa shape index (κ3) is 5.65. The molecule has 0 saturated carbocycles. The molecule has 2 aliphatic heterocycles. The predicted molar refractivity (Wildman–Crippen MR) is 113 cm³/mol. The number of nitrogens with zero attached hydrogens (tertiary/aromatic N) is 2. The number of hydrogen-bond acceptors (Lipinski definition) is 6. The van der Waals surface area contributed by atoms with Gasteiger partial charge in [-0.3, -0.25) is 4.90 Å². The molecule has 0 aromatic heterocycles. The Balaban J connectivity index is 1.74. The number of hydrogen-bond donors (Lipinski definition) is 0. The smallest absolute Gasteiger partial charge is 0.444 e. The van der Waals surface area contributed by atoms with Gasteiger partial charge in [0.05, 0.1) is 6.54 Å². The molecule has 2 fully saturated rings. The van der Waals surface area contributed by atoms with Crippen LogP contribution in [-0.4, -0.2) is 65.0 Å². The van der Waals surface area contributed by atoms with E-state index in [0.29, 0.717) is 19.6 Å². The number of rotatable bonds is 3. The summed E-state index contributed by atoms with van der Waals surface area (Å²) in [7, 11) is 0. The molecule has 30 heavy (non-hydrogen) atoms. The molecule has 7 heteroatoms. The van der Waals surface area contributed by atoms with E-state index in [-0.39, 0.29) is 12.0 Å². The summed E-state index contributed by atoms with van der Waals surface area (Å²) in [5.74, 6) is 0.00116. The Hall–Kier alpha value is -2.28. The van der Waals surface area contributed by atoms with Gasteiger partial charge in [0.1, 0.15) is 11.2 Å². The lowest BCUT2D eigenvalue weighted by molar-refractivity contribution is -0.0679. The third-order valence-corrected chi connectivity index (χ3v) is 5.19. The van der Waals surface area contributed by atoms with E-state index in [1.807, 2.05) is 39.0 Å². The maximum absolute atomic E-state index is 12.6. The number of carbonyl (C=O) groups excluding carboxylic acids is 2. The highest BCUT2D eigenvalue weighted by atomic mass is 16.7. The molecule has 1 aromatic rings. The van der Waals surface area contributed by atoms with Crippen molar-refractivity contribution in [1.29, 1.82) is 0 Å². The fraction of sp³-hybridized carbons (Fsp3) is 0.652. The number of benzene rings is 1. The van der Waals surface area contributed by atoms with Crippen LogP contribution in [0.3, 0.4) is 0 Å². The average Bonchev–Trinajstić information content (AvgIpc) is 3.05. The quantitative estimate of drug-likeness (QED) is 0.690. The minimum absolute atomic E-state index is 0.00116. The predicted octanol–water partition coefficient (Wildman–Crippen LogP) is 4.06. The number of fused-ring (bicyclic) bond motifs is 1. The summed E-state index contributed by atoms with van der Waals surface area (Å²) < 4.78 is 16.9. The van der Waals surface area contributed by atoms with Gasteiger partial charge in [-0.15, -0.1) is 0 Å². The largest absolute Gasteiger partial charge is 0.509 e. The molecule has 1 aromatic carbocycles. The van der Waals surface area contributed by atoms with Gasteiger partial charge in [0.2, 0.25) is 0 Å². The highest BCUT2D eigenvalue weighted by molar-refractivity contribution is 5.69. The average molecular weight is 419 g/mol. The van der Waals surface area contributed by atoms with Crippen LogP contribution in [0.2, 0.25) is 0 Å². The molecule has 0 N–H and O–H groups in total. The molecule has 2 saturated heterocycles. The minimum atomic E-state index is -0.798. The van der Waals surface area contributed by atoms with Crippen molar-refractivity contribution in [3.63, 3.8) is 0 Å². The van der Waals surface area contributed by atoms with Gasteiger partial charge >= 0.3 is 12.2 Å². The van der Waals surface area contributed by atoms with Crippen molar-refractivity contribution in [3.8, 4) is 0 Å². The molecule has 0 aliphatic carbocycles. The Kier molecular flexibility index (Phi) is 6.05. The van der Waals surface area contributed by atoms with Crippen molar-refractivity contribution >= 4 is 12.2 Å². The van der Waals surface area contributed by atoms with Crippen LogP contribution in [0.5, 0.6) is 0 Å². The Morgan fingerprint density at radius 1 is 0.967 bits per heavy atom. The van der Waals surface area contributed by atoms with Gasteiger partial charge in [-0.25, -0.2) is 9.59 Å². The van der Waals surface area contributed by atoms with Gasteiger partial charge in [-0.05, 0) is 47.1 Å². The first-order valence-electron chi connectivity index (χ1n) is 10.5. The van der Waals surface area contributed by atoms with Crippen molar-refractivity contribution in [1.82, 2.24) is 9.80 Å². The Morgan fingerprint density at radius 3 is 2.20 bits per heavy atom. The van der Waals surface area contributed by atoms with Gasteiger partial charge in [0.15, 0.2) is 5.60 Å². The Bertz CT molecular complexity index is 768. The summed E-state index contributed by atoms with van der Waals surface area (Å²) in [6, 6.07) is 10.2. The number of amides is 1. The third-order valence-electron chi connectivity index (χ3n) is 5.19. The van der Waals surface area contributed by atoms with Gasteiger partial charge in [0.25, 0.3) is 0 Å². The number of carbonyl (C=O) groups is 2. The van der Waals surface area contributed by atoms with Crippen LogP contribution < -0.4 is 0 Å². The molecular weight excluding hydrogens is 384 g/mol. The fourth-order valence-electron chi connectivity index (χ4n) is 4.12. The normalized spacial score (nSPS) is 24.5. The molecule has 2 aliphatic rings. The summed E-state index contributed by atoms with van der Waals surface area (Å²) in [6.07, 6.45) is -1.07. The van der Waals surface area contributed by atoms with E-state index in [1.54, 1.807) is 25.7 Å². The zero-order valence-electron chi connectivity index (χ0n) is 18.9. The van der Waals surface area contributed by atoms with Crippen LogP contribution in [0, 0.1) is 5.92 Å². The molecular formula is C23H34N2O5. The highest BCUT2D eigenvalue weighted by Crippen LogP contribution is 2.40. The zero-order valence-corrected chi connectivity index (χ0v) is 18.9. The minimum Gasteiger partial charge on any atom is -0.444 e. The van der Waals surface area contributed by atoms with Crippen LogP contribution in [0.4, 0.5) is 9.59 Å². The second-order valence-corrected chi connectivity index (χ2v) is 10.3. The molecule has 166 valence electrons. The van der Waals surface area contributed by atoms with Gasteiger partial charge in [-0.2, -0.15) is 0 Å². The summed E-state index contributed by atoms with van der Waals surface area (Å²) >= 11 is 0. The van der Waals surface area contributed by atoms with Crippen molar-refractivity contribution < 1.29 is 23.8 Å². The first-order valence-corrected chi connectivity index (χ1v) is 10.5. The first-order chi connectivity index (χ1) is 13.9. The SMILES string of the molecule is CC(C)(C)OC(=O)O[C@]12CN(Cc3ccccc3)C[C@H]1CN(C(=O)OC(C)(C)C)C2. The second-order valence-electron chi connectivity index (χ2n) is 10.3. The lowest BCUT2D eigenvalue weighted by atomic mass is 9.95. The van der Waals surface area contributed by atoms with Crippen molar-refractivity contribution in [2.75, 3.05) is 26.2 Å². The molecule has 2 heterocycles. The van der Waals surface area contributed by atoms with Crippen LogP contribution in [-0.2, 0) is 20.8 Å². The van der Waals surface area contributed by atoms with E-state index < -0.39 is 23.0 Å². The van der Waals surface area contributed by atoms with Crippen LogP contribution in [0.1, 0.15) is 47.1 Å². The van der Waals surface area contributed by atoms with Crippen molar-refractivity contribution in [3.05, 3.63) is 35.9 Å². The number of likely N-dealkylation sites (tertiary alicyclic amines) is 2. The lowest BCUT2D eigenvalue weighted by Gasteiger charge is -2.31. The molecule has 0 spiro atoms. The summed E-state index contributed by atoms with van der Waals surface area (Å²) in [6.45, 7) is 13.8. The van der Waals surface area contributed by atoms with Crippen LogP contribution in [0.25, 0.3) is 0 Å². The molecule has 0 unspecified atom stereocenters. The van der Waals surface area contributed by atoms with Crippen LogP contribution in [0.15, 0.2) is 30.3 Å². The highest BCUT2D eigenvalue weighted by Gasteiger charge is 2.57. The fourth-order valence-corrected chi connectivity index (χ4v) is 4.12. The van der Waals surface area contributed by atoms with Gasteiger partial charge in [0, 0.05) is 32.1 Å². The van der Waals surface area contributed by atoms with Crippen molar-refractivity contribution in [2.24, 2.45) is 5.92 Å². The maximum Gasteiger partial charge on any atom is 0.509 e. The van der Waals surface area contributed by atoms with E-state index >= 15 is 0 Å². The Morgan fingerprint density at radius 2 is 1.60 bits per heavy atom. The summed E-state index contributed by atoms with van der Waals surface area (Å²) in [4.78, 5) is 29.1. The van der Waals surface area contributed by atoms with Crippen molar-refractivity contribution in [2.45, 2.75) is 64.9 Å². The van der Waals surface area contributed by atoms with E-state index in [1.165, 1.54) is 5.56 Å². The molecule has 3 rings (SSSR count). The molecule has 0 radical (unpaired) electrons. The standard InChI is InChI=1S/C23H34N2O5/c1-21(2,3)28-19(26)25-14-18-13-24(12-17-10-8-7-9-11-17)15-23(18,16-25)30-20(27)29-22(4,5)6/h7-11,18H,12-16H2,1-6H3/t18-,23-/m0/s1. The Labute approximate surface area is 179 Å². The maximum atomic E-state index is 12.6. The first kappa shape index (κ1) is 22.4. The second kappa shape index (κ2) is 8.10. The molecule has 2 atom stereocenters. The molecule has 7 nitrogen and oxygen atoms in total. The molecule has 0 bridgehead atoms. The number of ether oxygens (including phenoxy) is 3. The van der Waals surface area contributed by atoms with E-state index in [2.05, 4.69) is 17.0 Å². The van der Waals surface area contributed by atoms with Gasteiger partial charge in [-0.1, -0.05) is 30.3 Å². The monoisotopic (exact) mass is 418 g/mol. The summed E-state index contributed by atoms with van der Waals surface area (Å²) in [5, 5.41) is 0.